The molecule has 0 aliphatic rings. The number of alkyl halides is 1. The van der Waals surface area contributed by atoms with Crippen molar-refractivity contribution in [1.82, 2.24) is 0 Å². The van der Waals surface area contributed by atoms with Crippen LogP contribution in [0.3, 0.4) is 0 Å². The van der Waals surface area contributed by atoms with E-state index in [0.717, 1.165) is 18.9 Å². The fourth-order valence-corrected chi connectivity index (χ4v) is 2.33. The smallest absolute Gasteiger partial charge is 0.300 e. The molecule has 2 nitrogen and oxygen atoms in total. The molecule has 0 bridgehead atoms. The number of benzene rings is 2. The highest BCUT2D eigenvalue weighted by molar-refractivity contribution is 5.62. The number of aliphatic carboxylic acids is 1. The van der Waals surface area contributed by atoms with Crippen LogP contribution in [0, 0.1) is 11.6 Å². The zero-order valence-corrected chi connectivity index (χ0v) is 13.7. The summed E-state index contributed by atoms with van der Waals surface area (Å²) in [6.07, 6.45) is -0.0633. The summed E-state index contributed by atoms with van der Waals surface area (Å²) in [5, 5.41) is 7.42. The number of carboxylic acids is 1. The zero-order valence-electron chi connectivity index (χ0n) is 13.7. The Kier molecular flexibility index (Phi) is 8.02. The van der Waals surface area contributed by atoms with Gasteiger partial charge < -0.3 is 5.11 Å². The molecule has 2 atom stereocenters. The summed E-state index contributed by atoms with van der Waals surface area (Å²) in [6, 6.07) is 11.6. The molecule has 0 aliphatic heterocycles. The third-order valence-electron chi connectivity index (χ3n) is 3.56. The zero-order chi connectivity index (χ0) is 18.1. The number of halogens is 3. The first kappa shape index (κ1) is 19.7. The SMILES string of the molecule is CC(=O)O.CCC(CC(F)c1ccc(F)cc1)c1ccc(F)cc1. The topological polar surface area (TPSA) is 37.3 Å². The maximum Gasteiger partial charge on any atom is 0.300 e. The highest BCUT2D eigenvalue weighted by Crippen LogP contribution is 2.33. The van der Waals surface area contributed by atoms with Gasteiger partial charge in [-0.15, -0.1) is 0 Å². The third-order valence-corrected chi connectivity index (χ3v) is 3.56. The second-order valence-corrected chi connectivity index (χ2v) is 5.43. The average Bonchev–Trinajstić information content (AvgIpc) is 2.53. The van der Waals surface area contributed by atoms with Crippen LogP contribution in [0.15, 0.2) is 48.5 Å². The number of hydrogen-bond donors (Lipinski definition) is 1. The van der Waals surface area contributed by atoms with Crippen molar-refractivity contribution in [3.05, 3.63) is 71.3 Å². The van der Waals surface area contributed by atoms with E-state index >= 15 is 0 Å². The van der Waals surface area contributed by atoms with E-state index in [9.17, 15) is 13.2 Å². The van der Waals surface area contributed by atoms with Crippen LogP contribution in [-0.4, -0.2) is 11.1 Å². The maximum absolute atomic E-state index is 14.3. The molecule has 1 N–H and O–H groups in total. The first-order chi connectivity index (χ1) is 11.3. The largest absolute Gasteiger partial charge is 0.481 e. The minimum absolute atomic E-state index is 0.0238. The molecule has 2 rings (SSSR count). The fourth-order valence-electron chi connectivity index (χ4n) is 2.33. The molecule has 2 unspecified atom stereocenters. The van der Waals surface area contributed by atoms with Crippen LogP contribution >= 0.6 is 0 Å². The molecule has 0 spiro atoms. The quantitative estimate of drug-likeness (QED) is 0.765. The molecule has 24 heavy (non-hydrogen) atoms. The van der Waals surface area contributed by atoms with Crippen LogP contribution in [0.25, 0.3) is 0 Å². The van der Waals surface area contributed by atoms with Crippen LogP contribution < -0.4 is 0 Å². The summed E-state index contributed by atoms with van der Waals surface area (Å²) < 4.78 is 40.0. The van der Waals surface area contributed by atoms with Crippen molar-refractivity contribution < 1.29 is 23.1 Å². The number of rotatable bonds is 5. The maximum atomic E-state index is 14.3. The Bertz CT molecular complexity index is 620. The van der Waals surface area contributed by atoms with Crippen molar-refractivity contribution >= 4 is 5.97 Å². The molecule has 0 saturated heterocycles. The second kappa shape index (κ2) is 9.75. The van der Waals surface area contributed by atoms with E-state index in [1.54, 1.807) is 12.1 Å². The Morgan fingerprint density at radius 1 is 0.958 bits per heavy atom. The second-order valence-electron chi connectivity index (χ2n) is 5.43. The van der Waals surface area contributed by atoms with Gasteiger partial charge in [0.1, 0.15) is 17.8 Å². The van der Waals surface area contributed by atoms with E-state index in [0.29, 0.717) is 12.0 Å². The first-order valence-electron chi connectivity index (χ1n) is 7.68. The van der Waals surface area contributed by atoms with Crippen molar-refractivity contribution in [2.24, 2.45) is 0 Å². The minimum atomic E-state index is -1.15. The average molecular weight is 338 g/mol. The van der Waals surface area contributed by atoms with Gasteiger partial charge in [0, 0.05) is 6.92 Å². The first-order valence-corrected chi connectivity index (χ1v) is 7.68. The molecule has 5 heteroatoms. The van der Waals surface area contributed by atoms with E-state index in [1.807, 2.05) is 6.92 Å². The van der Waals surface area contributed by atoms with Crippen molar-refractivity contribution in [2.45, 2.75) is 38.8 Å². The van der Waals surface area contributed by atoms with Crippen LogP contribution in [0.4, 0.5) is 13.2 Å². The minimum Gasteiger partial charge on any atom is -0.481 e. The molecule has 0 radical (unpaired) electrons. The van der Waals surface area contributed by atoms with Gasteiger partial charge in [0.15, 0.2) is 0 Å². The highest BCUT2D eigenvalue weighted by atomic mass is 19.1. The predicted molar refractivity (Wildman–Crippen MR) is 87.6 cm³/mol. The molecule has 0 amide bonds. The Hall–Kier alpha value is -2.30. The lowest BCUT2D eigenvalue weighted by Gasteiger charge is -2.18. The summed E-state index contributed by atoms with van der Waals surface area (Å²) in [7, 11) is 0. The lowest BCUT2D eigenvalue weighted by Crippen LogP contribution is -2.03. The normalized spacial score (nSPS) is 12.7. The summed E-state index contributed by atoms with van der Waals surface area (Å²) in [5.74, 6) is -1.47. The number of carboxylic acid groups (broad SMARTS) is 1. The summed E-state index contributed by atoms with van der Waals surface area (Å²) in [5.41, 5.74) is 1.41. The lowest BCUT2D eigenvalue weighted by molar-refractivity contribution is -0.134. The Labute approximate surface area is 140 Å². The molecular formula is C19H21F3O2. The van der Waals surface area contributed by atoms with Gasteiger partial charge in [0.25, 0.3) is 5.97 Å². The van der Waals surface area contributed by atoms with Crippen LogP contribution in [-0.2, 0) is 4.79 Å². The monoisotopic (exact) mass is 338 g/mol. The lowest BCUT2D eigenvalue weighted by atomic mass is 9.89. The Morgan fingerprint density at radius 2 is 1.33 bits per heavy atom. The van der Waals surface area contributed by atoms with E-state index < -0.39 is 12.1 Å². The van der Waals surface area contributed by atoms with Gasteiger partial charge >= 0.3 is 0 Å². The highest BCUT2D eigenvalue weighted by Gasteiger charge is 2.18. The fraction of sp³-hybridized carbons (Fsp3) is 0.316. The molecule has 2 aromatic rings. The molecule has 0 heterocycles. The van der Waals surface area contributed by atoms with Crippen molar-refractivity contribution in [2.75, 3.05) is 0 Å². The molecule has 0 aliphatic carbocycles. The van der Waals surface area contributed by atoms with Gasteiger partial charge in [-0.3, -0.25) is 4.79 Å². The van der Waals surface area contributed by atoms with Crippen molar-refractivity contribution in [1.29, 1.82) is 0 Å². The van der Waals surface area contributed by atoms with Crippen LogP contribution in [0.2, 0.25) is 0 Å². The number of hydrogen-bond acceptors (Lipinski definition) is 1. The van der Waals surface area contributed by atoms with Crippen molar-refractivity contribution in [3.8, 4) is 0 Å². The summed E-state index contributed by atoms with van der Waals surface area (Å²) in [6.45, 7) is 3.06. The predicted octanol–water partition coefficient (Wildman–Crippen LogP) is 5.65. The van der Waals surface area contributed by atoms with E-state index in [2.05, 4.69) is 0 Å². The number of carbonyl (C=O) groups is 1. The molecule has 0 fully saturated rings. The van der Waals surface area contributed by atoms with Crippen LogP contribution in [0.1, 0.15) is 49.9 Å². The van der Waals surface area contributed by atoms with Gasteiger partial charge in [-0.2, -0.15) is 0 Å². The van der Waals surface area contributed by atoms with Crippen molar-refractivity contribution in [3.63, 3.8) is 0 Å². The summed E-state index contributed by atoms with van der Waals surface area (Å²) in [4.78, 5) is 9.00. The molecule has 0 saturated carbocycles. The van der Waals surface area contributed by atoms with Gasteiger partial charge in [-0.1, -0.05) is 31.2 Å². The molecule has 130 valence electrons. The Morgan fingerprint density at radius 3 is 1.71 bits per heavy atom. The molecular weight excluding hydrogens is 317 g/mol. The Balaban J connectivity index is 0.000000648. The van der Waals surface area contributed by atoms with Crippen LogP contribution in [0.5, 0.6) is 0 Å². The molecule has 0 aromatic heterocycles. The van der Waals surface area contributed by atoms with E-state index in [4.69, 9.17) is 9.90 Å². The summed E-state index contributed by atoms with van der Waals surface area (Å²) >= 11 is 0. The van der Waals surface area contributed by atoms with Gasteiger partial charge in [-0.25, -0.2) is 13.2 Å². The van der Waals surface area contributed by atoms with Gasteiger partial charge in [0.05, 0.1) is 0 Å². The van der Waals surface area contributed by atoms with Gasteiger partial charge in [-0.05, 0) is 54.2 Å². The molecule has 2 aromatic carbocycles. The van der Waals surface area contributed by atoms with Gasteiger partial charge in [0.2, 0.25) is 0 Å². The third kappa shape index (κ3) is 6.86. The van der Waals surface area contributed by atoms with E-state index in [-0.39, 0.29) is 17.6 Å². The standard InChI is InChI=1S/C17H17F3.C2H4O2/c1-2-12(13-3-7-15(18)8-4-13)11-17(20)14-5-9-16(19)10-6-14;1-2(3)4/h3-10,12,17H,2,11H2,1H3;1H3,(H,3,4). The van der Waals surface area contributed by atoms with E-state index in [1.165, 1.54) is 36.4 Å².